The summed E-state index contributed by atoms with van der Waals surface area (Å²) < 4.78 is 32.5. The maximum absolute atomic E-state index is 6.63. The van der Waals surface area contributed by atoms with Crippen LogP contribution in [0.4, 0.5) is 0 Å². The first-order valence-corrected chi connectivity index (χ1v) is 13.5. The van der Waals surface area contributed by atoms with Crippen molar-refractivity contribution in [2.45, 2.75) is 83.6 Å². The van der Waals surface area contributed by atoms with Crippen LogP contribution in [0.5, 0.6) is 0 Å². The summed E-state index contributed by atoms with van der Waals surface area (Å²) in [5, 5.41) is 0. The van der Waals surface area contributed by atoms with Crippen molar-refractivity contribution in [2.75, 3.05) is 6.61 Å². The molecule has 4 rings (SSSR count). The van der Waals surface area contributed by atoms with Crippen LogP contribution in [0.15, 0.2) is 91.0 Å². The highest BCUT2D eigenvalue weighted by atomic mass is 16.7. The van der Waals surface area contributed by atoms with Gasteiger partial charge in [-0.2, -0.15) is 0 Å². The van der Waals surface area contributed by atoms with E-state index in [9.17, 15) is 0 Å². The molecule has 3 aromatic rings. The van der Waals surface area contributed by atoms with Gasteiger partial charge in [-0.15, -0.1) is 0 Å². The van der Waals surface area contributed by atoms with Gasteiger partial charge in [0.15, 0.2) is 6.29 Å². The number of ether oxygens (including phenoxy) is 5. The monoisotopic (exact) mass is 504 g/mol. The van der Waals surface area contributed by atoms with Crippen LogP contribution in [0.1, 0.15) is 49.8 Å². The van der Waals surface area contributed by atoms with Gasteiger partial charge in [0, 0.05) is 6.61 Å². The van der Waals surface area contributed by atoms with Crippen LogP contribution in [0.2, 0.25) is 0 Å². The smallest absolute Gasteiger partial charge is 0.186 e. The van der Waals surface area contributed by atoms with E-state index in [-0.39, 0.29) is 18.3 Å². The van der Waals surface area contributed by atoms with E-state index >= 15 is 0 Å². The van der Waals surface area contributed by atoms with Crippen molar-refractivity contribution >= 4 is 0 Å². The lowest BCUT2D eigenvalue weighted by Gasteiger charge is -2.46. The third-order valence-electron chi connectivity index (χ3n) is 6.63. The summed E-state index contributed by atoms with van der Waals surface area (Å²) in [5.41, 5.74) is 3.31. The molecule has 1 aliphatic heterocycles. The summed E-state index contributed by atoms with van der Waals surface area (Å²) in [4.78, 5) is 0. The molecule has 1 saturated heterocycles. The van der Waals surface area contributed by atoms with E-state index in [1.807, 2.05) is 54.6 Å². The third-order valence-corrected chi connectivity index (χ3v) is 6.63. The molecule has 0 amide bonds. The van der Waals surface area contributed by atoms with E-state index in [0.717, 1.165) is 36.0 Å². The molecule has 198 valence electrons. The van der Waals surface area contributed by atoms with E-state index in [0.29, 0.717) is 26.4 Å². The quantitative estimate of drug-likeness (QED) is 0.229. The molecule has 0 saturated carbocycles. The largest absolute Gasteiger partial charge is 0.368 e. The second-order valence-corrected chi connectivity index (χ2v) is 9.46. The third kappa shape index (κ3) is 8.22. The minimum Gasteiger partial charge on any atom is -0.368 e. The van der Waals surface area contributed by atoms with Crippen LogP contribution in [-0.2, 0) is 43.5 Å². The number of rotatable bonds is 14. The minimum atomic E-state index is -0.530. The van der Waals surface area contributed by atoms with Crippen LogP contribution < -0.4 is 0 Å². The number of unbranched alkanes of at least 4 members (excludes halogenated alkanes) is 1. The van der Waals surface area contributed by atoms with Crippen molar-refractivity contribution in [2.24, 2.45) is 0 Å². The molecule has 5 atom stereocenters. The molecule has 0 bridgehead atoms. The summed E-state index contributed by atoms with van der Waals surface area (Å²) in [6, 6.07) is 30.6. The van der Waals surface area contributed by atoms with Crippen molar-refractivity contribution in [3.05, 3.63) is 108 Å². The zero-order valence-electron chi connectivity index (χ0n) is 22.0. The van der Waals surface area contributed by atoms with E-state index in [1.165, 1.54) is 0 Å². The van der Waals surface area contributed by atoms with E-state index in [2.05, 4.69) is 50.2 Å². The van der Waals surface area contributed by atoms with Gasteiger partial charge in [0.25, 0.3) is 0 Å². The van der Waals surface area contributed by atoms with Crippen LogP contribution in [0.25, 0.3) is 0 Å². The fourth-order valence-corrected chi connectivity index (χ4v) is 4.55. The van der Waals surface area contributed by atoms with Gasteiger partial charge < -0.3 is 23.7 Å². The molecule has 0 N–H and O–H groups in total. The molecular weight excluding hydrogens is 464 g/mol. The SMILES string of the molecule is CCCCO[C@H]1O[C@H](CC)[C@H](OCc2ccccc2)[C@H](OCc2ccccc2)[C@H]1OCc1ccccc1. The van der Waals surface area contributed by atoms with Crippen LogP contribution in [0.3, 0.4) is 0 Å². The summed E-state index contributed by atoms with van der Waals surface area (Å²) in [5.74, 6) is 0. The molecular formula is C32H40O5. The second kappa shape index (κ2) is 15.0. The zero-order chi connectivity index (χ0) is 25.7. The standard InChI is InChI=1S/C32H40O5/c1-3-5-21-33-32-31(36-24-27-19-13-8-14-20-27)30(35-23-26-17-11-7-12-18-26)29(28(4-2)37-32)34-22-25-15-9-6-10-16-25/h6-20,28-32H,3-5,21-24H2,1-2H3/t28-,29+,30+,31-,32+/m1/s1. The first-order chi connectivity index (χ1) is 18.3. The van der Waals surface area contributed by atoms with E-state index < -0.39 is 12.4 Å². The van der Waals surface area contributed by atoms with Crippen molar-refractivity contribution < 1.29 is 23.7 Å². The zero-order valence-corrected chi connectivity index (χ0v) is 22.0. The normalized spacial score (nSPS) is 23.7. The molecule has 3 aromatic carbocycles. The number of hydrogen-bond donors (Lipinski definition) is 0. The molecule has 0 radical (unpaired) electrons. The van der Waals surface area contributed by atoms with Crippen LogP contribution >= 0.6 is 0 Å². The lowest BCUT2D eigenvalue weighted by atomic mass is 9.96. The Morgan fingerprint density at radius 3 is 1.49 bits per heavy atom. The van der Waals surface area contributed by atoms with Crippen LogP contribution in [0, 0.1) is 0 Å². The van der Waals surface area contributed by atoms with Gasteiger partial charge in [-0.1, -0.05) is 111 Å². The van der Waals surface area contributed by atoms with Gasteiger partial charge >= 0.3 is 0 Å². The molecule has 0 unspecified atom stereocenters. The Labute approximate surface area is 221 Å². The summed E-state index contributed by atoms with van der Waals surface area (Å²) in [6.07, 6.45) is 0.985. The molecule has 1 heterocycles. The fraction of sp³-hybridized carbons (Fsp3) is 0.438. The molecule has 5 heteroatoms. The van der Waals surface area contributed by atoms with Gasteiger partial charge in [0.05, 0.1) is 25.9 Å². The average Bonchev–Trinajstić information content (AvgIpc) is 2.96. The molecule has 37 heavy (non-hydrogen) atoms. The molecule has 0 aromatic heterocycles. The van der Waals surface area contributed by atoms with Crippen LogP contribution in [-0.4, -0.2) is 37.3 Å². The first kappa shape index (κ1) is 27.5. The van der Waals surface area contributed by atoms with Gasteiger partial charge in [0.2, 0.25) is 0 Å². The Hall–Kier alpha value is -2.54. The highest BCUT2D eigenvalue weighted by molar-refractivity contribution is 5.15. The maximum Gasteiger partial charge on any atom is 0.186 e. The molecule has 0 spiro atoms. The van der Waals surface area contributed by atoms with E-state index in [4.69, 9.17) is 23.7 Å². The number of benzene rings is 3. The van der Waals surface area contributed by atoms with Crippen molar-refractivity contribution in [3.8, 4) is 0 Å². The Kier molecular flexibility index (Phi) is 11.2. The molecule has 1 fully saturated rings. The topological polar surface area (TPSA) is 46.2 Å². The van der Waals surface area contributed by atoms with Gasteiger partial charge in [0.1, 0.15) is 18.3 Å². The van der Waals surface area contributed by atoms with Crippen molar-refractivity contribution in [3.63, 3.8) is 0 Å². The predicted octanol–water partition coefficient (Wildman–Crippen LogP) is 6.69. The Morgan fingerprint density at radius 2 is 1.03 bits per heavy atom. The summed E-state index contributed by atoms with van der Waals surface area (Å²) in [7, 11) is 0. The molecule has 5 nitrogen and oxygen atoms in total. The summed E-state index contributed by atoms with van der Waals surface area (Å²) >= 11 is 0. The van der Waals surface area contributed by atoms with Gasteiger partial charge in [-0.3, -0.25) is 0 Å². The molecule has 1 aliphatic rings. The maximum atomic E-state index is 6.63. The number of hydrogen-bond acceptors (Lipinski definition) is 5. The summed E-state index contributed by atoms with van der Waals surface area (Å²) in [6.45, 7) is 6.26. The first-order valence-electron chi connectivity index (χ1n) is 13.5. The highest BCUT2D eigenvalue weighted by Crippen LogP contribution is 2.32. The highest BCUT2D eigenvalue weighted by Gasteiger charge is 2.48. The van der Waals surface area contributed by atoms with Gasteiger partial charge in [-0.25, -0.2) is 0 Å². The lowest BCUT2D eigenvalue weighted by Crippen LogP contribution is -2.60. The molecule has 0 aliphatic carbocycles. The Balaban J connectivity index is 1.58. The minimum absolute atomic E-state index is 0.173. The lowest BCUT2D eigenvalue weighted by molar-refractivity contribution is -0.323. The van der Waals surface area contributed by atoms with Crippen molar-refractivity contribution in [1.29, 1.82) is 0 Å². The second-order valence-electron chi connectivity index (χ2n) is 9.46. The van der Waals surface area contributed by atoms with Crippen molar-refractivity contribution in [1.82, 2.24) is 0 Å². The Morgan fingerprint density at radius 1 is 0.568 bits per heavy atom. The fourth-order valence-electron chi connectivity index (χ4n) is 4.55. The van der Waals surface area contributed by atoms with Gasteiger partial charge in [-0.05, 0) is 29.5 Å². The predicted molar refractivity (Wildman–Crippen MR) is 145 cm³/mol. The average molecular weight is 505 g/mol. The Bertz CT molecular complexity index is 997. The van der Waals surface area contributed by atoms with E-state index in [1.54, 1.807) is 0 Å².